The molecule has 0 saturated carbocycles. The molecule has 4 aromatic rings. The van der Waals surface area contributed by atoms with Gasteiger partial charge in [-0.05, 0) is 48.1 Å². The SMILES string of the molecule is O=C(C[C@H](Sc1ccccc1)c1ccccc1)O[C@@H]1[C@@H]2OC[C@H](CC1(Cc1ccccc1)Cc1ccccc1)O2. The monoisotopic (exact) mass is 550 g/mol. The first-order chi connectivity index (χ1) is 19.7. The fraction of sp³-hybridized carbons (Fsp3) is 0.286. The van der Waals surface area contributed by atoms with Gasteiger partial charge in [-0.1, -0.05) is 109 Å². The van der Waals surface area contributed by atoms with E-state index < -0.39 is 12.4 Å². The molecule has 2 aliphatic heterocycles. The maximum atomic E-state index is 13.8. The summed E-state index contributed by atoms with van der Waals surface area (Å²) in [7, 11) is 0. The smallest absolute Gasteiger partial charge is 0.307 e. The molecule has 2 bridgehead atoms. The Morgan fingerprint density at radius 1 is 0.800 bits per heavy atom. The van der Waals surface area contributed by atoms with Crippen LogP contribution in [0.25, 0.3) is 0 Å². The van der Waals surface area contributed by atoms with Crippen LogP contribution >= 0.6 is 11.8 Å². The average Bonchev–Trinajstić information content (AvgIpc) is 3.40. The lowest BCUT2D eigenvalue weighted by molar-refractivity contribution is -0.224. The van der Waals surface area contributed by atoms with Crippen molar-refractivity contribution in [1.82, 2.24) is 0 Å². The van der Waals surface area contributed by atoms with E-state index in [0.29, 0.717) is 6.61 Å². The van der Waals surface area contributed by atoms with E-state index in [0.717, 1.165) is 29.7 Å². The van der Waals surface area contributed by atoms with Gasteiger partial charge in [-0.15, -0.1) is 11.8 Å². The number of rotatable bonds is 10. The molecule has 0 aromatic heterocycles. The lowest BCUT2D eigenvalue weighted by atomic mass is 9.67. The van der Waals surface area contributed by atoms with Crippen LogP contribution in [0.1, 0.15) is 34.8 Å². The van der Waals surface area contributed by atoms with Crippen LogP contribution in [0.4, 0.5) is 0 Å². The zero-order chi connectivity index (χ0) is 27.2. The molecule has 0 spiro atoms. The van der Waals surface area contributed by atoms with E-state index in [-0.39, 0.29) is 29.2 Å². The molecule has 2 heterocycles. The molecule has 2 fully saturated rings. The summed E-state index contributed by atoms with van der Waals surface area (Å²) in [5.41, 5.74) is 3.20. The highest BCUT2D eigenvalue weighted by molar-refractivity contribution is 7.99. The first-order valence-corrected chi connectivity index (χ1v) is 14.9. The average molecular weight is 551 g/mol. The minimum atomic E-state index is -0.563. The third-order valence-electron chi connectivity index (χ3n) is 7.86. The minimum Gasteiger partial charge on any atom is -0.456 e. The first kappa shape index (κ1) is 26.8. The van der Waals surface area contributed by atoms with E-state index in [4.69, 9.17) is 14.2 Å². The number of hydrogen-bond acceptors (Lipinski definition) is 5. The van der Waals surface area contributed by atoms with Gasteiger partial charge in [-0.25, -0.2) is 0 Å². The van der Waals surface area contributed by atoms with E-state index in [1.807, 2.05) is 48.5 Å². The van der Waals surface area contributed by atoms with Crippen LogP contribution in [0.5, 0.6) is 0 Å². The van der Waals surface area contributed by atoms with Gasteiger partial charge < -0.3 is 14.2 Å². The van der Waals surface area contributed by atoms with Crippen molar-refractivity contribution in [3.63, 3.8) is 0 Å². The van der Waals surface area contributed by atoms with Crippen molar-refractivity contribution in [2.24, 2.45) is 5.41 Å². The molecule has 5 heteroatoms. The summed E-state index contributed by atoms with van der Waals surface area (Å²) in [6, 6.07) is 41.4. The highest BCUT2D eigenvalue weighted by Gasteiger charge is 2.55. The normalized spacial score (nSPS) is 21.9. The third-order valence-corrected chi connectivity index (χ3v) is 9.13. The number of esters is 1. The van der Waals surface area contributed by atoms with Crippen molar-refractivity contribution in [1.29, 1.82) is 0 Å². The topological polar surface area (TPSA) is 44.8 Å². The molecule has 2 aliphatic rings. The lowest BCUT2D eigenvalue weighted by Gasteiger charge is -2.46. The Kier molecular flexibility index (Phi) is 8.33. The van der Waals surface area contributed by atoms with Crippen LogP contribution < -0.4 is 0 Å². The van der Waals surface area contributed by atoms with Crippen LogP contribution in [0.3, 0.4) is 0 Å². The molecule has 4 nitrogen and oxygen atoms in total. The Balaban J connectivity index is 1.29. The van der Waals surface area contributed by atoms with E-state index in [1.165, 1.54) is 11.1 Å². The van der Waals surface area contributed by atoms with Gasteiger partial charge in [0.25, 0.3) is 0 Å². The van der Waals surface area contributed by atoms with Crippen LogP contribution in [-0.4, -0.2) is 31.1 Å². The van der Waals surface area contributed by atoms with Crippen molar-refractivity contribution in [2.75, 3.05) is 6.61 Å². The molecule has 0 aliphatic carbocycles. The fourth-order valence-corrected chi connectivity index (χ4v) is 7.24. The van der Waals surface area contributed by atoms with Crippen LogP contribution in [-0.2, 0) is 31.8 Å². The standard InChI is InChI=1S/C35H34O4S/c36-32(21-31(28-17-9-3-10-18-28)40-30-19-11-4-12-20-30)39-33-34-37-25-29(38-34)24-35(33,22-26-13-5-1-6-14-26)23-27-15-7-2-8-16-27/h1-20,29,31,33-34H,21-25H2/t29-,31-,33+,34+/m0/s1. The summed E-state index contributed by atoms with van der Waals surface area (Å²) in [6.45, 7) is 0.528. The summed E-state index contributed by atoms with van der Waals surface area (Å²) in [5.74, 6) is -0.231. The Bertz CT molecular complexity index is 1320. The van der Waals surface area contributed by atoms with Gasteiger partial charge in [0.1, 0.15) is 0 Å². The predicted molar refractivity (Wildman–Crippen MR) is 158 cm³/mol. The number of carbonyl (C=O) groups excluding carboxylic acids is 1. The first-order valence-electron chi connectivity index (χ1n) is 14.0. The number of fused-ring (bicyclic) bond motifs is 2. The number of hydrogen-bond donors (Lipinski definition) is 0. The molecule has 2 saturated heterocycles. The van der Waals surface area contributed by atoms with Gasteiger partial charge in [0.2, 0.25) is 0 Å². The zero-order valence-corrected chi connectivity index (χ0v) is 23.2. The quantitative estimate of drug-likeness (QED) is 0.152. The van der Waals surface area contributed by atoms with E-state index in [2.05, 4.69) is 72.8 Å². The predicted octanol–water partition coefficient (Wildman–Crippen LogP) is 7.44. The molecule has 4 atom stereocenters. The van der Waals surface area contributed by atoms with Gasteiger partial charge in [0.05, 0.1) is 19.1 Å². The molecule has 4 aromatic carbocycles. The summed E-state index contributed by atoms with van der Waals surface area (Å²) in [4.78, 5) is 14.9. The minimum absolute atomic E-state index is 0.00178. The molecule has 6 rings (SSSR count). The molecule has 0 N–H and O–H groups in total. The largest absolute Gasteiger partial charge is 0.456 e. The number of benzene rings is 4. The highest BCUT2D eigenvalue weighted by atomic mass is 32.2. The zero-order valence-electron chi connectivity index (χ0n) is 22.4. The fourth-order valence-electron chi connectivity index (χ4n) is 6.09. The van der Waals surface area contributed by atoms with Gasteiger partial charge in [0, 0.05) is 15.6 Å². The van der Waals surface area contributed by atoms with E-state index >= 15 is 0 Å². The molecular weight excluding hydrogens is 516 g/mol. The van der Waals surface area contributed by atoms with Crippen LogP contribution in [0.15, 0.2) is 126 Å². The molecule has 0 amide bonds. The van der Waals surface area contributed by atoms with Crippen molar-refractivity contribution in [2.45, 2.75) is 54.3 Å². The summed E-state index contributed by atoms with van der Waals surface area (Å²) in [6.07, 6.45) is 1.50. The molecule has 204 valence electrons. The second-order valence-corrected chi connectivity index (χ2v) is 12.1. The van der Waals surface area contributed by atoms with Gasteiger partial charge >= 0.3 is 5.97 Å². The Hall–Kier alpha value is -3.38. The van der Waals surface area contributed by atoms with Gasteiger partial charge in [-0.3, -0.25) is 4.79 Å². The summed E-state index contributed by atoms with van der Waals surface area (Å²) < 4.78 is 18.8. The molecular formula is C35H34O4S. The Morgan fingerprint density at radius 3 is 1.95 bits per heavy atom. The lowest BCUT2D eigenvalue weighted by Crippen LogP contribution is -2.53. The maximum Gasteiger partial charge on any atom is 0.307 e. The van der Waals surface area contributed by atoms with Crippen molar-refractivity contribution in [3.05, 3.63) is 138 Å². The van der Waals surface area contributed by atoms with E-state index in [1.54, 1.807) is 11.8 Å². The Labute approximate surface area is 240 Å². The second kappa shape index (κ2) is 12.4. The third kappa shape index (κ3) is 6.33. The van der Waals surface area contributed by atoms with Crippen molar-refractivity contribution in [3.8, 4) is 0 Å². The van der Waals surface area contributed by atoms with E-state index in [9.17, 15) is 4.79 Å². The maximum absolute atomic E-state index is 13.8. The number of thioether (sulfide) groups is 1. The van der Waals surface area contributed by atoms with Crippen molar-refractivity contribution < 1.29 is 19.0 Å². The summed E-state index contributed by atoms with van der Waals surface area (Å²) in [5, 5.41) is -0.0736. The highest BCUT2D eigenvalue weighted by Crippen LogP contribution is 2.48. The molecule has 0 radical (unpaired) electrons. The van der Waals surface area contributed by atoms with Gasteiger partial charge in [-0.2, -0.15) is 0 Å². The van der Waals surface area contributed by atoms with Crippen molar-refractivity contribution >= 4 is 17.7 Å². The second-order valence-electron chi connectivity index (χ2n) is 10.8. The molecule has 40 heavy (non-hydrogen) atoms. The van der Waals surface area contributed by atoms with Gasteiger partial charge in [0.15, 0.2) is 12.4 Å². The van der Waals surface area contributed by atoms with Crippen LogP contribution in [0.2, 0.25) is 0 Å². The number of carbonyl (C=O) groups is 1. The van der Waals surface area contributed by atoms with Crippen LogP contribution in [0, 0.1) is 5.41 Å². The number of ether oxygens (including phenoxy) is 3. The summed E-state index contributed by atoms with van der Waals surface area (Å²) >= 11 is 1.69. The Morgan fingerprint density at radius 2 is 1.35 bits per heavy atom. The molecule has 0 unspecified atom stereocenters.